The number of aromatic amines is 2. The van der Waals surface area contributed by atoms with Crippen LogP contribution in [0.15, 0.2) is 48.9 Å². The second kappa shape index (κ2) is 3.66. The molecule has 0 aliphatic carbocycles. The molecule has 0 radical (unpaired) electrons. The molecule has 0 aliphatic heterocycles. The van der Waals surface area contributed by atoms with Crippen LogP contribution in [0.4, 0.5) is 0 Å². The molecule has 0 fully saturated rings. The fourth-order valence-electron chi connectivity index (χ4n) is 1.74. The number of nitrogens with one attached hydrogen (secondary N) is 2. The van der Waals surface area contributed by atoms with E-state index >= 15 is 0 Å². The van der Waals surface area contributed by atoms with Crippen LogP contribution in [0.5, 0.6) is 0 Å². The van der Waals surface area contributed by atoms with Crippen LogP contribution in [-0.4, -0.2) is 20.2 Å². The predicted molar refractivity (Wildman–Crippen MR) is 61.6 cm³/mol. The smallest absolute Gasteiger partial charge is 0.137 e. The van der Waals surface area contributed by atoms with Gasteiger partial charge < -0.3 is 4.98 Å². The van der Waals surface area contributed by atoms with E-state index in [0.29, 0.717) is 0 Å². The molecule has 0 amide bonds. The third kappa shape index (κ3) is 1.40. The standard InChI is InChI=1S/C12H10N4/c1-2-4-10(12-13-7-8-14-12)9(3-1)11-5-6-15-16-11/h1-8H,(H,13,14)(H,15,16). The zero-order valence-electron chi connectivity index (χ0n) is 8.51. The molecule has 0 aliphatic rings. The zero-order valence-corrected chi connectivity index (χ0v) is 8.51. The lowest BCUT2D eigenvalue weighted by Crippen LogP contribution is -1.86. The Hall–Kier alpha value is -2.36. The van der Waals surface area contributed by atoms with Gasteiger partial charge in [0.15, 0.2) is 0 Å². The lowest BCUT2D eigenvalue weighted by atomic mass is 10.0. The van der Waals surface area contributed by atoms with E-state index in [1.54, 1.807) is 12.4 Å². The van der Waals surface area contributed by atoms with Gasteiger partial charge in [-0.05, 0) is 6.07 Å². The Morgan fingerprint density at radius 2 is 1.81 bits per heavy atom. The summed E-state index contributed by atoms with van der Waals surface area (Å²) in [6, 6.07) is 10.0. The first-order chi connectivity index (χ1) is 7.95. The van der Waals surface area contributed by atoms with Crippen LogP contribution in [0.2, 0.25) is 0 Å². The van der Waals surface area contributed by atoms with E-state index < -0.39 is 0 Å². The summed E-state index contributed by atoms with van der Waals surface area (Å²) in [5, 5.41) is 6.93. The molecular formula is C12H10N4. The number of rotatable bonds is 2. The van der Waals surface area contributed by atoms with Crippen molar-refractivity contribution in [1.82, 2.24) is 20.2 Å². The lowest BCUT2D eigenvalue weighted by Gasteiger charge is -2.04. The number of imidazole rings is 1. The SMILES string of the molecule is c1ccc(-c2ncc[nH]2)c(-c2ccn[nH]2)c1. The fourth-order valence-corrected chi connectivity index (χ4v) is 1.74. The maximum Gasteiger partial charge on any atom is 0.137 e. The molecule has 2 heterocycles. The Bertz CT molecular complexity index is 514. The fraction of sp³-hybridized carbons (Fsp3) is 0. The van der Waals surface area contributed by atoms with Crippen molar-refractivity contribution in [2.75, 3.05) is 0 Å². The molecule has 2 aromatic heterocycles. The van der Waals surface area contributed by atoms with Crippen LogP contribution in [0.3, 0.4) is 0 Å². The quantitative estimate of drug-likeness (QED) is 0.682. The Kier molecular flexibility index (Phi) is 2.04. The first-order valence-corrected chi connectivity index (χ1v) is 5.03. The molecule has 3 aromatic rings. The highest BCUT2D eigenvalue weighted by Crippen LogP contribution is 2.27. The molecule has 1 aromatic carbocycles. The molecule has 0 atom stereocenters. The van der Waals surface area contributed by atoms with Crippen LogP contribution < -0.4 is 0 Å². The minimum atomic E-state index is 0.866. The third-order valence-corrected chi connectivity index (χ3v) is 2.47. The molecule has 0 saturated carbocycles. The van der Waals surface area contributed by atoms with Crippen LogP contribution in [0.1, 0.15) is 0 Å². The summed E-state index contributed by atoms with van der Waals surface area (Å²) in [4.78, 5) is 7.38. The van der Waals surface area contributed by atoms with Crippen molar-refractivity contribution in [3.05, 3.63) is 48.9 Å². The third-order valence-electron chi connectivity index (χ3n) is 2.47. The topological polar surface area (TPSA) is 57.4 Å². The van der Waals surface area contributed by atoms with Crippen molar-refractivity contribution in [3.63, 3.8) is 0 Å². The molecule has 16 heavy (non-hydrogen) atoms. The largest absolute Gasteiger partial charge is 0.345 e. The van der Waals surface area contributed by atoms with Gasteiger partial charge in [0.25, 0.3) is 0 Å². The Labute approximate surface area is 92.4 Å². The maximum absolute atomic E-state index is 4.27. The number of hydrogen-bond acceptors (Lipinski definition) is 2. The van der Waals surface area contributed by atoms with Gasteiger partial charge in [-0.15, -0.1) is 0 Å². The zero-order chi connectivity index (χ0) is 10.8. The minimum absolute atomic E-state index is 0.866. The van der Waals surface area contributed by atoms with E-state index in [1.807, 2.05) is 36.5 Å². The highest BCUT2D eigenvalue weighted by Gasteiger charge is 2.08. The molecule has 2 N–H and O–H groups in total. The highest BCUT2D eigenvalue weighted by molar-refractivity contribution is 5.78. The summed E-state index contributed by atoms with van der Waals surface area (Å²) in [6.45, 7) is 0. The van der Waals surface area contributed by atoms with Gasteiger partial charge in [-0.2, -0.15) is 5.10 Å². The van der Waals surface area contributed by atoms with Gasteiger partial charge in [0.1, 0.15) is 5.82 Å². The number of benzene rings is 1. The van der Waals surface area contributed by atoms with E-state index in [9.17, 15) is 0 Å². The van der Waals surface area contributed by atoms with Crippen LogP contribution in [0, 0.1) is 0 Å². The summed E-state index contributed by atoms with van der Waals surface area (Å²) >= 11 is 0. The molecule has 0 unspecified atom stereocenters. The molecule has 0 spiro atoms. The summed E-state index contributed by atoms with van der Waals surface area (Å²) in [6.07, 6.45) is 5.31. The highest BCUT2D eigenvalue weighted by atomic mass is 15.1. The maximum atomic E-state index is 4.27. The monoisotopic (exact) mass is 210 g/mol. The number of hydrogen-bond donors (Lipinski definition) is 2. The number of aromatic nitrogens is 4. The lowest BCUT2D eigenvalue weighted by molar-refractivity contribution is 1.09. The second-order valence-electron chi connectivity index (χ2n) is 3.45. The Balaban J connectivity index is 2.19. The van der Waals surface area contributed by atoms with Crippen molar-refractivity contribution in [2.45, 2.75) is 0 Å². The Morgan fingerprint density at radius 3 is 2.50 bits per heavy atom. The van der Waals surface area contributed by atoms with E-state index in [0.717, 1.165) is 22.6 Å². The summed E-state index contributed by atoms with van der Waals surface area (Å²) in [5.74, 6) is 0.866. The van der Waals surface area contributed by atoms with Gasteiger partial charge in [0.2, 0.25) is 0 Å². The van der Waals surface area contributed by atoms with Gasteiger partial charge in [0, 0.05) is 29.7 Å². The average molecular weight is 210 g/mol. The van der Waals surface area contributed by atoms with Crippen LogP contribution >= 0.6 is 0 Å². The Morgan fingerprint density at radius 1 is 0.938 bits per heavy atom. The first kappa shape index (κ1) is 8.91. The van der Waals surface area contributed by atoms with Gasteiger partial charge >= 0.3 is 0 Å². The number of nitrogens with zero attached hydrogens (tertiary/aromatic N) is 2. The van der Waals surface area contributed by atoms with Crippen molar-refractivity contribution in [2.24, 2.45) is 0 Å². The molecule has 0 bridgehead atoms. The van der Waals surface area contributed by atoms with Crippen molar-refractivity contribution in [1.29, 1.82) is 0 Å². The van der Waals surface area contributed by atoms with Gasteiger partial charge in [0.05, 0.1) is 5.69 Å². The van der Waals surface area contributed by atoms with Crippen molar-refractivity contribution < 1.29 is 0 Å². The number of H-pyrrole nitrogens is 2. The molecule has 0 saturated heterocycles. The first-order valence-electron chi connectivity index (χ1n) is 5.03. The van der Waals surface area contributed by atoms with E-state index in [1.165, 1.54) is 0 Å². The van der Waals surface area contributed by atoms with Gasteiger partial charge in [-0.25, -0.2) is 4.98 Å². The summed E-state index contributed by atoms with van der Waals surface area (Å²) in [7, 11) is 0. The van der Waals surface area contributed by atoms with E-state index in [2.05, 4.69) is 20.2 Å². The molecule has 4 heteroatoms. The van der Waals surface area contributed by atoms with Crippen LogP contribution in [-0.2, 0) is 0 Å². The summed E-state index contributed by atoms with van der Waals surface area (Å²) < 4.78 is 0. The van der Waals surface area contributed by atoms with E-state index in [4.69, 9.17) is 0 Å². The minimum Gasteiger partial charge on any atom is -0.345 e. The van der Waals surface area contributed by atoms with Crippen molar-refractivity contribution in [3.8, 4) is 22.6 Å². The van der Waals surface area contributed by atoms with Gasteiger partial charge in [-0.1, -0.05) is 24.3 Å². The normalized spacial score (nSPS) is 10.5. The molecule has 4 nitrogen and oxygen atoms in total. The second-order valence-corrected chi connectivity index (χ2v) is 3.45. The van der Waals surface area contributed by atoms with Crippen molar-refractivity contribution >= 4 is 0 Å². The van der Waals surface area contributed by atoms with Crippen LogP contribution in [0.25, 0.3) is 22.6 Å². The predicted octanol–water partition coefficient (Wildman–Crippen LogP) is 2.47. The summed E-state index contributed by atoms with van der Waals surface area (Å²) in [5.41, 5.74) is 3.15. The van der Waals surface area contributed by atoms with E-state index in [-0.39, 0.29) is 0 Å². The van der Waals surface area contributed by atoms with Gasteiger partial charge in [-0.3, -0.25) is 5.10 Å². The molecular weight excluding hydrogens is 200 g/mol. The molecule has 78 valence electrons. The average Bonchev–Trinajstić information content (AvgIpc) is 3.03. The molecule has 3 rings (SSSR count).